The Morgan fingerprint density at radius 3 is 3.00 bits per heavy atom. The lowest BCUT2D eigenvalue weighted by Crippen LogP contribution is -2.38. The largest absolute Gasteiger partial charge is 0.492 e. The number of aromatic nitrogens is 1. The number of nitrogens with one attached hydrogen (secondary N) is 1. The maximum absolute atomic E-state index is 12.4. The van der Waals surface area contributed by atoms with Gasteiger partial charge in [0.05, 0.1) is 13.0 Å². The van der Waals surface area contributed by atoms with Crippen molar-refractivity contribution in [2.24, 2.45) is 5.92 Å². The summed E-state index contributed by atoms with van der Waals surface area (Å²) in [5, 5.41) is 3.99. The molecular weight excluding hydrogens is 362 g/mol. The summed E-state index contributed by atoms with van der Waals surface area (Å²) in [6, 6.07) is 7.35. The first kappa shape index (κ1) is 18.2. The molecule has 0 fully saturated rings. The van der Waals surface area contributed by atoms with Gasteiger partial charge in [-0.3, -0.25) is 14.4 Å². The molecule has 1 aromatic heterocycles. The molecule has 8 heteroatoms. The highest BCUT2D eigenvalue weighted by atomic mass is 16.7. The minimum Gasteiger partial charge on any atom is -0.492 e. The molecule has 1 unspecified atom stereocenters. The number of ether oxygens (including phenoxy) is 2. The van der Waals surface area contributed by atoms with Crippen LogP contribution in [0, 0.1) is 5.92 Å². The average Bonchev–Trinajstić information content (AvgIpc) is 2.72. The van der Waals surface area contributed by atoms with Crippen molar-refractivity contribution in [2.45, 2.75) is 19.3 Å². The van der Waals surface area contributed by atoms with Gasteiger partial charge in [-0.05, 0) is 42.7 Å². The SMILES string of the molecule is CON(C)C(=O)C1COc2ccc(Oc3ccnc4c3CCC(=O)N4)cc2C1. The summed E-state index contributed by atoms with van der Waals surface area (Å²) in [5.74, 6) is 2.12. The molecule has 3 heterocycles. The van der Waals surface area contributed by atoms with Gasteiger partial charge in [-0.25, -0.2) is 10.0 Å². The standard InChI is InChI=1S/C20H21N3O5/c1-23(26-2)20(25)13-9-12-10-14(3-5-16(12)27-11-13)28-17-7-8-21-19-15(17)4-6-18(24)22-19/h3,5,7-8,10,13H,4,6,9,11H2,1-2H3,(H,21,22,24). The van der Waals surface area contributed by atoms with Gasteiger partial charge in [0.25, 0.3) is 5.91 Å². The van der Waals surface area contributed by atoms with E-state index in [1.165, 1.54) is 12.2 Å². The Hall–Kier alpha value is -3.13. The van der Waals surface area contributed by atoms with Crippen molar-refractivity contribution in [1.82, 2.24) is 10.0 Å². The first-order valence-corrected chi connectivity index (χ1v) is 9.08. The van der Waals surface area contributed by atoms with Crippen LogP contribution in [0.2, 0.25) is 0 Å². The van der Waals surface area contributed by atoms with Gasteiger partial charge in [-0.2, -0.15) is 0 Å². The Morgan fingerprint density at radius 2 is 2.18 bits per heavy atom. The van der Waals surface area contributed by atoms with E-state index in [1.54, 1.807) is 19.3 Å². The van der Waals surface area contributed by atoms with Crippen LogP contribution in [-0.2, 0) is 27.3 Å². The predicted molar refractivity (Wildman–Crippen MR) is 100 cm³/mol. The molecule has 2 amide bonds. The van der Waals surface area contributed by atoms with E-state index >= 15 is 0 Å². The number of anilines is 1. The molecule has 1 aromatic carbocycles. The molecule has 0 bridgehead atoms. The quantitative estimate of drug-likeness (QED) is 0.815. The molecule has 2 aliphatic heterocycles. The zero-order valence-corrected chi connectivity index (χ0v) is 15.7. The number of benzene rings is 1. The number of rotatable bonds is 4. The van der Waals surface area contributed by atoms with Crippen LogP contribution < -0.4 is 14.8 Å². The molecule has 0 radical (unpaired) electrons. The molecule has 4 rings (SSSR count). The van der Waals surface area contributed by atoms with Crippen molar-refractivity contribution < 1.29 is 23.9 Å². The van der Waals surface area contributed by atoms with Crippen LogP contribution in [0.4, 0.5) is 5.82 Å². The summed E-state index contributed by atoms with van der Waals surface area (Å²) >= 11 is 0. The topological polar surface area (TPSA) is 90.0 Å². The van der Waals surface area contributed by atoms with Gasteiger partial charge in [0.15, 0.2) is 0 Å². The second-order valence-corrected chi connectivity index (χ2v) is 6.79. The van der Waals surface area contributed by atoms with Crippen LogP contribution in [0.3, 0.4) is 0 Å². The summed E-state index contributed by atoms with van der Waals surface area (Å²) in [4.78, 5) is 33.1. The number of hydrogen-bond donors (Lipinski definition) is 1. The average molecular weight is 383 g/mol. The summed E-state index contributed by atoms with van der Waals surface area (Å²) in [5.41, 5.74) is 1.79. The van der Waals surface area contributed by atoms with Gasteiger partial charge >= 0.3 is 0 Å². The molecular formula is C20H21N3O5. The third-order valence-corrected chi connectivity index (χ3v) is 4.97. The van der Waals surface area contributed by atoms with Gasteiger partial charge in [-0.1, -0.05) is 0 Å². The molecule has 28 heavy (non-hydrogen) atoms. The van der Waals surface area contributed by atoms with Gasteiger partial charge in [0.2, 0.25) is 5.91 Å². The molecule has 8 nitrogen and oxygen atoms in total. The Bertz CT molecular complexity index is 930. The van der Waals surface area contributed by atoms with E-state index in [4.69, 9.17) is 14.3 Å². The van der Waals surface area contributed by atoms with Crippen molar-refractivity contribution in [3.05, 3.63) is 41.6 Å². The zero-order valence-electron chi connectivity index (χ0n) is 15.7. The van der Waals surface area contributed by atoms with Gasteiger partial charge in [0.1, 0.15) is 29.7 Å². The molecule has 0 saturated heterocycles. The number of amides is 2. The van der Waals surface area contributed by atoms with Crippen LogP contribution in [0.15, 0.2) is 30.5 Å². The van der Waals surface area contributed by atoms with E-state index in [1.807, 2.05) is 18.2 Å². The summed E-state index contributed by atoms with van der Waals surface area (Å²) < 4.78 is 11.8. The smallest absolute Gasteiger partial charge is 0.252 e. The number of hydrogen-bond acceptors (Lipinski definition) is 6. The number of carbonyl (C=O) groups excluding carboxylic acids is 2. The van der Waals surface area contributed by atoms with E-state index in [0.717, 1.165) is 16.9 Å². The lowest BCUT2D eigenvalue weighted by atomic mass is 9.96. The highest BCUT2D eigenvalue weighted by molar-refractivity contribution is 5.93. The Labute approximate surface area is 162 Å². The molecule has 2 aromatic rings. The summed E-state index contributed by atoms with van der Waals surface area (Å²) in [6.45, 7) is 0.317. The lowest BCUT2D eigenvalue weighted by Gasteiger charge is -2.27. The van der Waals surface area contributed by atoms with Crippen molar-refractivity contribution in [3.63, 3.8) is 0 Å². The Balaban J connectivity index is 1.55. The van der Waals surface area contributed by atoms with E-state index < -0.39 is 0 Å². The van der Waals surface area contributed by atoms with E-state index in [0.29, 0.717) is 43.2 Å². The fraction of sp³-hybridized carbons (Fsp3) is 0.350. The van der Waals surface area contributed by atoms with Gasteiger partial charge < -0.3 is 14.8 Å². The minimum absolute atomic E-state index is 0.0418. The predicted octanol–water partition coefficient (Wildman–Crippen LogP) is 2.33. The Kier molecular flexibility index (Phi) is 4.87. The number of carbonyl (C=O) groups is 2. The lowest BCUT2D eigenvalue weighted by molar-refractivity contribution is -0.174. The Morgan fingerprint density at radius 1 is 1.32 bits per heavy atom. The molecule has 0 saturated carbocycles. The molecule has 0 aliphatic carbocycles. The van der Waals surface area contributed by atoms with Crippen LogP contribution >= 0.6 is 0 Å². The van der Waals surface area contributed by atoms with Crippen LogP contribution in [0.1, 0.15) is 17.5 Å². The summed E-state index contributed by atoms with van der Waals surface area (Å²) in [7, 11) is 3.04. The second kappa shape index (κ2) is 7.47. The zero-order chi connectivity index (χ0) is 19.7. The highest BCUT2D eigenvalue weighted by Gasteiger charge is 2.29. The molecule has 1 N–H and O–H groups in total. The maximum Gasteiger partial charge on any atom is 0.252 e. The number of pyridine rings is 1. The summed E-state index contributed by atoms with van der Waals surface area (Å²) in [6.07, 6.45) is 3.14. The normalized spacial score (nSPS) is 17.6. The van der Waals surface area contributed by atoms with Crippen LogP contribution in [0.5, 0.6) is 17.2 Å². The number of fused-ring (bicyclic) bond motifs is 2. The molecule has 1 atom stereocenters. The van der Waals surface area contributed by atoms with Crippen molar-refractivity contribution in [3.8, 4) is 17.2 Å². The fourth-order valence-electron chi connectivity index (χ4n) is 3.42. The monoisotopic (exact) mass is 383 g/mol. The highest BCUT2D eigenvalue weighted by Crippen LogP contribution is 2.36. The van der Waals surface area contributed by atoms with Crippen molar-refractivity contribution in [1.29, 1.82) is 0 Å². The van der Waals surface area contributed by atoms with E-state index in [2.05, 4.69) is 10.3 Å². The fourth-order valence-corrected chi connectivity index (χ4v) is 3.42. The van der Waals surface area contributed by atoms with Crippen molar-refractivity contribution >= 4 is 17.6 Å². The number of hydroxylamine groups is 2. The molecule has 146 valence electrons. The molecule has 2 aliphatic rings. The first-order valence-electron chi connectivity index (χ1n) is 9.08. The van der Waals surface area contributed by atoms with Crippen LogP contribution in [-0.4, -0.2) is 42.6 Å². The minimum atomic E-state index is -0.309. The first-order chi connectivity index (χ1) is 13.5. The van der Waals surface area contributed by atoms with Crippen molar-refractivity contribution in [2.75, 3.05) is 26.1 Å². The molecule has 0 spiro atoms. The van der Waals surface area contributed by atoms with E-state index in [9.17, 15) is 9.59 Å². The third kappa shape index (κ3) is 3.50. The van der Waals surface area contributed by atoms with E-state index in [-0.39, 0.29) is 17.7 Å². The number of nitrogens with zero attached hydrogens (tertiary/aromatic N) is 2. The second-order valence-electron chi connectivity index (χ2n) is 6.79. The van der Waals surface area contributed by atoms with Gasteiger partial charge in [-0.15, -0.1) is 0 Å². The van der Waals surface area contributed by atoms with Crippen LogP contribution in [0.25, 0.3) is 0 Å². The van der Waals surface area contributed by atoms with Gasteiger partial charge in [0, 0.05) is 25.2 Å². The maximum atomic E-state index is 12.4. The third-order valence-electron chi connectivity index (χ3n) is 4.97.